The van der Waals surface area contributed by atoms with Crippen LogP contribution in [0, 0.1) is 6.92 Å². The Bertz CT molecular complexity index is 731. The van der Waals surface area contributed by atoms with Crippen LogP contribution in [-0.2, 0) is 10.2 Å². The summed E-state index contributed by atoms with van der Waals surface area (Å²) < 4.78 is 5.54. The number of phenolic OH excluding ortho intramolecular Hbond substituents is 1. The molecular formula is C21H29NO4. The molecule has 1 aromatic rings. The average molecular weight is 359 g/mol. The van der Waals surface area contributed by atoms with Crippen LogP contribution in [0.15, 0.2) is 24.8 Å². The first-order chi connectivity index (χ1) is 12.3. The molecule has 0 aromatic heterocycles. The molecule has 0 bridgehead atoms. The molecular weight excluding hydrogens is 330 g/mol. The molecule has 1 aromatic carbocycles. The molecule has 26 heavy (non-hydrogen) atoms. The van der Waals surface area contributed by atoms with E-state index in [0.29, 0.717) is 31.6 Å². The van der Waals surface area contributed by atoms with E-state index in [0.717, 1.165) is 17.7 Å². The van der Waals surface area contributed by atoms with E-state index in [1.54, 1.807) is 6.07 Å². The molecule has 2 aliphatic rings. The van der Waals surface area contributed by atoms with Gasteiger partial charge in [-0.3, -0.25) is 9.69 Å². The molecule has 1 aliphatic heterocycles. The van der Waals surface area contributed by atoms with E-state index < -0.39 is 11.0 Å². The van der Waals surface area contributed by atoms with Gasteiger partial charge < -0.3 is 14.9 Å². The van der Waals surface area contributed by atoms with Gasteiger partial charge in [-0.2, -0.15) is 0 Å². The first-order valence-electron chi connectivity index (χ1n) is 9.27. The highest BCUT2D eigenvalue weighted by Gasteiger charge is 2.62. The second-order valence-corrected chi connectivity index (χ2v) is 7.74. The highest BCUT2D eigenvalue weighted by Crippen LogP contribution is 2.57. The summed E-state index contributed by atoms with van der Waals surface area (Å²) in [6, 6.07) is 3.31. The number of phenols is 1. The Hall–Kier alpha value is -1.85. The number of likely N-dealkylation sites (tertiary alicyclic amines) is 1. The van der Waals surface area contributed by atoms with Crippen LogP contribution in [0.1, 0.15) is 43.7 Å². The molecule has 1 unspecified atom stereocenters. The topological polar surface area (TPSA) is 70.0 Å². The summed E-state index contributed by atoms with van der Waals surface area (Å²) >= 11 is 0. The number of rotatable bonds is 4. The quantitative estimate of drug-likeness (QED) is 0.809. The minimum Gasteiger partial charge on any atom is -0.504 e. The Balaban J connectivity index is 2.23. The van der Waals surface area contributed by atoms with Gasteiger partial charge in [0.25, 0.3) is 0 Å². The van der Waals surface area contributed by atoms with Crippen LogP contribution >= 0.6 is 0 Å². The molecule has 1 heterocycles. The van der Waals surface area contributed by atoms with Gasteiger partial charge in [-0.05, 0) is 44.9 Å². The van der Waals surface area contributed by atoms with Crippen molar-refractivity contribution < 1.29 is 19.7 Å². The Morgan fingerprint density at radius 2 is 2.15 bits per heavy atom. The molecule has 0 spiro atoms. The van der Waals surface area contributed by atoms with Crippen molar-refractivity contribution in [1.82, 2.24) is 4.90 Å². The average Bonchev–Trinajstić information content (AvgIpc) is 2.61. The second-order valence-electron chi connectivity index (χ2n) is 7.74. The zero-order valence-electron chi connectivity index (χ0n) is 15.9. The number of carbonyl (C=O) groups is 1. The van der Waals surface area contributed by atoms with Gasteiger partial charge in [0.15, 0.2) is 11.5 Å². The van der Waals surface area contributed by atoms with Crippen LogP contribution in [0.25, 0.3) is 0 Å². The van der Waals surface area contributed by atoms with Gasteiger partial charge in [0.2, 0.25) is 0 Å². The fourth-order valence-electron chi connectivity index (χ4n) is 5.21. The number of aliphatic hydroxyl groups is 1. The van der Waals surface area contributed by atoms with E-state index >= 15 is 0 Å². The fourth-order valence-corrected chi connectivity index (χ4v) is 5.21. The largest absolute Gasteiger partial charge is 0.504 e. The molecule has 3 rings (SSSR count). The van der Waals surface area contributed by atoms with Gasteiger partial charge in [0.05, 0.1) is 12.7 Å². The number of methoxy groups -OCH3 is 1. The van der Waals surface area contributed by atoms with Gasteiger partial charge >= 0.3 is 0 Å². The minimum absolute atomic E-state index is 0.0454. The predicted molar refractivity (Wildman–Crippen MR) is 101 cm³/mol. The molecule has 1 saturated heterocycles. The van der Waals surface area contributed by atoms with Crippen molar-refractivity contribution >= 4 is 5.78 Å². The number of nitrogens with zero attached hydrogens (tertiary/aromatic N) is 1. The van der Waals surface area contributed by atoms with E-state index in [1.165, 1.54) is 7.11 Å². The van der Waals surface area contributed by atoms with E-state index in [1.807, 2.05) is 26.0 Å². The maximum Gasteiger partial charge on any atom is 0.164 e. The van der Waals surface area contributed by atoms with Crippen molar-refractivity contribution in [3.63, 3.8) is 0 Å². The van der Waals surface area contributed by atoms with E-state index in [4.69, 9.17) is 4.74 Å². The normalized spacial score (nSPS) is 32.2. The third-order valence-corrected chi connectivity index (χ3v) is 6.57. The van der Waals surface area contributed by atoms with Crippen molar-refractivity contribution in [3.05, 3.63) is 35.9 Å². The molecule has 2 fully saturated rings. The minimum atomic E-state index is -1.08. The van der Waals surface area contributed by atoms with Gasteiger partial charge in [-0.1, -0.05) is 12.1 Å². The predicted octanol–water partition coefficient (Wildman–Crippen LogP) is 2.71. The van der Waals surface area contributed by atoms with Gasteiger partial charge in [0, 0.05) is 36.4 Å². The summed E-state index contributed by atoms with van der Waals surface area (Å²) in [7, 11) is 1.52. The lowest BCUT2D eigenvalue weighted by molar-refractivity contribution is -0.163. The Labute approximate surface area is 155 Å². The lowest BCUT2D eigenvalue weighted by Gasteiger charge is -2.60. The smallest absolute Gasteiger partial charge is 0.164 e. The number of carbonyl (C=O) groups excluding carboxylic acids is 1. The van der Waals surface area contributed by atoms with E-state index in [2.05, 4.69) is 11.5 Å². The monoisotopic (exact) mass is 359 g/mol. The molecule has 1 saturated carbocycles. The summed E-state index contributed by atoms with van der Waals surface area (Å²) in [5.41, 5.74) is -0.125. The van der Waals surface area contributed by atoms with Crippen molar-refractivity contribution in [1.29, 1.82) is 0 Å². The number of aryl methyl sites for hydroxylation is 1. The third kappa shape index (κ3) is 2.57. The number of benzene rings is 1. The molecule has 0 radical (unpaired) electrons. The summed E-state index contributed by atoms with van der Waals surface area (Å²) in [6.07, 6.45) is 3.55. The van der Waals surface area contributed by atoms with Gasteiger partial charge in [-0.15, -0.1) is 6.58 Å². The Morgan fingerprint density at radius 1 is 1.42 bits per heavy atom. The van der Waals surface area contributed by atoms with Crippen LogP contribution in [0.5, 0.6) is 11.5 Å². The SMILES string of the molecule is C=CCN1CC[C@]2(c3c(C)ccc(O)c3OC)CC(=O)CC[C@@]2(O)C1C. The van der Waals surface area contributed by atoms with E-state index in [-0.39, 0.29) is 24.0 Å². The number of piperidine rings is 1. The maximum atomic E-state index is 12.5. The number of ketones is 1. The molecule has 2 N–H and O–H groups in total. The first-order valence-corrected chi connectivity index (χ1v) is 9.27. The lowest BCUT2D eigenvalue weighted by Crippen LogP contribution is -2.69. The molecule has 1 aliphatic carbocycles. The van der Waals surface area contributed by atoms with Crippen LogP contribution in [-0.4, -0.2) is 52.7 Å². The van der Waals surface area contributed by atoms with E-state index in [9.17, 15) is 15.0 Å². The number of fused-ring (bicyclic) bond motifs is 1. The Morgan fingerprint density at radius 3 is 2.81 bits per heavy atom. The maximum absolute atomic E-state index is 12.5. The third-order valence-electron chi connectivity index (χ3n) is 6.57. The van der Waals surface area contributed by atoms with Crippen LogP contribution in [0.2, 0.25) is 0 Å². The van der Waals surface area contributed by atoms with Crippen LogP contribution < -0.4 is 4.74 Å². The molecule has 0 amide bonds. The number of hydrogen-bond acceptors (Lipinski definition) is 5. The highest BCUT2D eigenvalue weighted by molar-refractivity contribution is 5.82. The van der Waals surface area contributed by atoms with Gasteiger partial charge in [0.1, 0.15) is 5.78 Å². The lowest BCUT2D eigenvalue weighted by atomic mass is 9.53. The number of Topliss-reactive ketones (excluding diaryl/α,β-unsaturated/α-hetero) is 1. The first kappa shape index (κ1) is 18.9. The summed E-state index contributed by atoms with van der Waals surface area (Å²) in [5, 5.41) is 22.3. The van der Waals surface area contributed by atoms with Crippen molar-refractivity contribution in [2.75, 3.05) is 20.2 Å². The Kier molecular flexibility index (Phi) is 4.88. The second kappa shape index (κ2) is 6.71. The van der Waals surface area contributed by atoms with Crippen LogP contribution in [0.4, 0.5) is 0 Å². The van der Waals surface area contributed by atoms with Crippen molar-refractivity contribution in [3.8, 4) is 11.5 Å². The van der Waals surface area contributed by atoms with Gasteiger partial charge in [-0.25, -0.2) is 0 Å². The van der Waals surface area contributed by atoms with Crippen molar-refractivity contribution in [2.45, 2.75) is 56.6 Å². The highest BCUT2D eigenvalue weighted by atomic mass is 16.5. The molecule has 5 nitrogen and oxygen atoms in total. The summed E-state index contributed by atoms with van der Waals surface area (Å²) in [4.78, 5) is 14.7. The van der Waals surface area contributed by atoms with Crippen LogP contribution in [0.3, 0.4) is 0 Å². The van der Waals surface area contributed by atoms with Crippen molar-refractivity contribution in [2.24, 2.45) is 0 Å². The fraction of sp³-hybridized carbons (Fsp3) is 0.571. The number of aromatic hydroxyl groups is 1. The zero-order chi connectivity index (χ0) is 19.1. The zero-order valence-corrected chi connectivity index (χ0v) is 15.9. The summed E-state index contributed by atoms with van der Waals surface area (Å²) in [5.74, 6) is 0.579. The molecule has 3 atom stereocenters. The molecule has 142 valence electrons. The number of hydrogen-bond donors (Lipinski definition) is 2. The number of ether oxygens (including phenoxy) is 1. The standard InChI is InChI=1S/C21H29NO4/c1-5-11-22-12-10-20(13-16(23)8-9-21(20,25)15(22)3)18-14(2)6-7-17(24)19(18)26-4/h5-7,15,24-25H,1,8-13H2,2-4H3/t15?,20-,21-/m1/s1. The molecule has 5 heteroatoms. The summed E-state index contributed by atoms with van der Waals surface area (Å²) in [6.45, 7) is 9.25.